The normalized spacial score (nSPS) is 11.2. The molecule has 0 aromatic carbocycles. The van der Waals surface area contributed by atoms with E-state index in [0.717, 1.165) is 0 Å². The van der Waals surface area contributed by atoms with Gasteiger partial charge in [0.2, 0.25) is 5.89 Å². The van der Waals surface area contributed by atoms with Crippen LogP contribution in [-0.2, 0) is 6.54 Å². The molecule has 0 aliphatic rings. The van der Waals surface area contributed by atoms with Crippen molar-refractivity contribution in [1.29, 1.82) is 0 Å². The summed E-state index contributed by atoms with van der Waals surface area (Å²) in [4.78, 5) is 19.9. The molecule has 0 saturated carbocycles. The first-order chi connectivity index (χ1) is 8.49. The smallest absolute Gasteiger partial charge is 0.269 e. The first-order valence-corrected chi connectivity index (χ1v) is 6.39. The first-order valence-electron chi connectivity index (χ1n) is 5.22. The van der Waals surface area contributed by atoms with E-state index in [-0.39, 0.29) is 27.6 Å². The predicted molar refractivity (Wildman–Crippen MR) is 68.7 cm³/mol. The van der Waals surface area contributed by atoms with Crippen LogP contribution in [0.1, 0.15) is 31.5 Å². The molecule has 96 valence electrons. The van der Waals surface area contributed by atoms with E-state index in [9.17, 15) is 4.79 Å². The maximum atomic E-state index is 11.8. The number of hydrogen-bond donors (Lipinski definition) is 0. The zero-order valence-corrected chi connectivity index (χ0v) is 12.1. The van der Waals surface area contributed by atoms with E-state index in [4.69, 9.17) is 16.1 Å². The first kappa shape index (κ1) is 13.2. The number of hydrogen-bond acceptors (Lipinski definition) is 5. The lowest BCUT2D eigenvalue weighted by Gasteiger charge is -2.02. The van der Waals surface area contributed by atoms with E-state index in [1.165, 1.54) is 10.9 Å². The molecule has 2 aromatic rings. The molecule has 0 spiro atoms. The van der Waals surface area contributed by atoms with Crippen molar-refractivity contribution in [3.8, 4) is 0 Å². The summed E-state index contributed by atoms with van der Waals surface area (Å²) in [5.74, 6) is 1.12. The summed E-state index contributed by atoms with van der Waals surface area (Å²) in [7, 11) is 0. The van der Waals surface area contributed by atoms with Crippen LogP contribution in [0.3, 0.4) is 0 Å². The summed E-state index contributed by atoms with van der Waals surface area (Å²) in [5, 5.41) is 3.94. The fourth-order valence-corrected chi connectivity index (χ4v) is 1.73. The summed E-state index contributed by atoms with van der Waals surface area (Å²) in [6.07, 6.45) is 1.35. The quantitative estimate of drug-likeness (QED) is 0.805. The van der Waals surface area contributed by atoms with Crippen LogP contribution in [0.5, 0.6) is 0 Å². The van der Waals surface area contributed by atoms with Gasteiger partial charge >= 0.3 is 0 Å². The van der Waals surface area contributed by atoms with Gasteiger partial charge in [-0.3, -0.25) is 9.36 Å². The Balaban J connectivity index is 2.29. The lowest BCUT2D eigenvalue weighted by molar-refractivity contribution is 0.359. The van der Waals surface area contributed by atoms with Gasteiger partial charge in [0.15, 0.2) is 11.0 Å². The van der Waals surface area contributed by atoms with Crippen molar-refractivity contribution >= 4 is 27.5 Å². The number of rotatable bonds is 3. The Kier molecular flexibility index (Phi) is 3.82. The van der Waals surface area contributed by atoms with Crippen LogP contribution in [0, 0.1) is 0 Å². The van der Waals surface area contributed by atoms with Crippen LogP contribution in [0.2, 0.25) is 5.15 Å². The third kappa shape index (κ3) is 2.62. The van der Waals surface area contributed by atoms with E-state index in [1.807, 2.05) is 13.8 Å². The molecule has 2 heterocycles. The highest BCUT2D eigenvalue weighted by atomic mass is 79.9. The molecule has 2 aromatic heterocycles. The predicted octanol–water partition coefficient (Wildman–Crippen LogP) is 2.21. The maximum absolute atomic E-state index is 11.8. The molecule has 0 unspecified atom stereocenters. The summed E-state index contributed by atoms with van der Waals surface area (Å²) in [6.45, 7) is 4.09. The Labute approximate surface area is 116 Å². The lowest BCUT2D eigenvalue weighted by Crippen LogP contribution is -2.22. The Morgan fingerprint density at radius 3 is 2.89 bits per heavy atom. The van der Waals surface area contributed by atoms with E-state index >= 15 is 0 Å². The number of nitrogens with zero attached hydrogens (tertiary/aromatic N) is 4. The Morgan fingerprint density at radius 2 is 2.28 bits per heavy atom. The van der Waals surface area contributed by atoms with Gasteiger partial charge in [0, 0.05) is 5.92 Å². The Bertz CT molecular complexity index is 623. The molecule has 8 heteroatoms. The fraction of sp³-hybridized carbons (Fsp3) is 0.400. The van der Waals surface area contributed by atoms with Gasteiger partial charge in [0.25, 0.3) is 5.56 Å². The molecule has 0 aliphatic carbocycles. The molecule has 0 amide bonds. The molecule has 18 heavy (non-hydrogen) atoms. The fourth-order valence-electron chi connectivity index (χ4n) is 1.28. The van der Waals surface area contributed by atoms with Crippen LogP contribution in [-0.4, -0.2) is 19.7 Å². The third-order valence-corrected chi connectivity index (χ3v) is 3.46. The van der Waals surface area contributed by atoms with E-state index in [1.54, 1.807) is 0 Å². The van der Waals surface area contributed by atoms with Crippen molar-refractivity contribution < 1.29 is 4.52 Å². The van der Waals surface area contributed by atoms with E-state index in [0.29, 0.717) is 11.7 Å². The summed E-state index contributed by atoms with van der Waals surface area (Å²) >= 11 is 8.79. The molecule has 0 N–H and O–H groups in total. The van der Waals surface area contributed by atoms with E-state index < -0.39 is 0 Å². The maximum Gasteiger partial charge on any atom is 0.269 e. The molecule has 0 bridgehead atoms. The van der Waals surface area contributed by atoms with Gasteiger partial charge in [-0.05, 0) is 15.9 Å². The van der Waals surface area contributed by atoms with Crippen molar-refractivity contribution in [1.82, 2.24) is 19.7 Å². The Morgan fingerprint density at radius 1 is 1.56 bits per heavy atom. The topological polar surface area (TPSA) is 73.8 Å². The number of aromatic nitrogens is 4. The van der Waals surface area contributed by atoms with Gasteiger partial charge in [-0.25, -0.2) is 4.98 Å². The largest absolute Gasteiger partial charge is 0.339 e. The summed E-state index contributed by atoms with van der Waals surface area (Å²) < 4.78 is 6.63. The molecular weight excluding hydrogens is 323 g/mol. The van der Waals surface area contributed by atoms with Gasteiger partial charge in [-0.1, -0.05) is 30.6 Å². The van der Waals surface area contributed by atoms with Gasteiger partial charge in [-0.2, -0.15) is 4.98 Å². The highest BCUT2D eigenvalue weighted by molar-refractivity contribution is 9.10. The van der Waals surface area contributed by atoms with Crippen molar-refractivity contribution in [2.24, 2.45) is 0 Å². The standard InChI is InChI=1S/C10H10BrClN4O2/c1-5(2)9-14-6(15-18-9)3-16-4-13-8(12)7(11)10(16)17/h4-5H,3H2,1-2H3. The zero-order chi connectivity index (χ0) is 13.3. The highest BCUT2D eigenvalue weighted by Crippen LogP contribution is 2.14. The van der Waals surface area contributed by atoms with E-state index in [2.05, 4.69) is 31.1 Å². The molecule has 0 aliphatic heterocycles. The second kappa shape index (κ2) is 5.19. The summed E-state index contributed by atoms with van der Waals surface area (Å²) in [5.41, 5.74) is -0.286. The van der Waals surface area contributed by atoms with Crippen LogP contribution in [0.4, 0.5) is 0 Å². The second-order valence-electron chi connectivity index (χ2n) is 3.99. The SMILES string of the molecule is CC(C)c1nc(Cn2cnc(Cl)c(Br)c2=O)no1. The second-order valence-corrected chi connectivity index (χ2v) is 5.14. The molecule has 6 nitrogen and oxygen atoms in total. The van der Waals surface area contributed by atoms with Gasteiger partial charge in [0.05, 0.1) is 12.9 Å². The molecule has 0 atom stereocenters. The van der Waals surface area contributed by atoms with Crippen LogP contribution >= 0.6 is 27.5 Å². The third-order valence-electron chi connectivity index (χ3n) is 2.23. The monoisotopic (exact) mass is 332 g/mol. The average molecular weight is 334 g/mol. The molecule has 0 fully saturated rings. The lowest BCUT2D eigenvalue weighted by atomic mass is 10.2. The minimum absolute atomic E-state index is 0.132. The van der Waals surface area contributed by atoms with Crippen molar-refractivity contribution in [2.45, 2.75) is 26.3 Å². The van der Waals surface area contributed by atoms with Crippen molar-refractivity contribution in [3.63, 3.8) is 0 Å². The number of halogens is 2. The van der Waals surface area contributed by atoms with Crippen LogP contribution < -0.4 is 5.56 Å². The molecule has 0 saturated heterocycles. The summed E-state index contributed by atoms with van der Waals surface area (Å²) in [6, 6.07) is 0. The minimum Gasteiger partial charge on any atom is -0.339 e. The highest BCUT2D eigenvalue weighted by Gasteiger charge is 2.12. The van der Waals surface area contributed by atoms with Crippen molar-refractivity contribution in [2.75, 3.05) is 0 Å². The zero-order valence-electron chi connectivity index (χ0n) is 9.72. The van der Waals surface area contributed by atoms with Gasteiger partial charge in [0.1, 0.15) is 4.47 Å². The average Bonchev–Trinajstić information content (AvgIpc) is 2.79. The molecule has 2 rings (SSSR count). The minimum atomic E-state index is -0.286. The van der Waals surface area contributed by atoms with Crippen LogP contribution in [0.25, 0.3) is 0 Å². The molecule has 0 radical (unpaired) electrons. The van der Waals surface area contributed by atoms with Crippen molar-refractivity contribution in [3.05, 3.63) is 38.0 Å². The van der Waals surface area contributed by atoms with Crippen LogP contribution in [0.15, 0.2) is 20.1 Å². The Hall–Kier alpha value is -1.21. The van der Waals surface area contributed by atoms with Gasteiger partial charge in [-0.15, -0.1) is 0 Å². The molecular formula is C10H10BrClN4O2. The van der Waals surface area contributed by atoms with Gasteiger partial charge < -0.3 is 4.52 Å².